The molecule has 0 aromatic heterocycles. The van der Waals surface area contributed by atoms with E-state index in [1.807, 2.05) is 0 Å². The second-order valence-corrected chi connectivity index (χ2v) is 3.76. The first-order chi connectivity index (χ1) is 6.95. The first-order valence-corrected chi connectivity index (χ1v) is 5.12. The van der Waals surface area contributed by atoms with Gasteiger partial charge in [0.25, 0.3) is 0 Å². The molecule has 3 rings (SSSR count). The van der Waals surface area contributed by atoms with Gasteiger partial charge < -0.3 is 0 Å². The molecule has 0 unspecified atom stereocenters. The minimum absolute atomic E-state index is 1.07. The van der Waals surface area contributed by atoms with Gasteiger partial charge in [0.05, 0.1) is 0 Å². The summed E-state index contributed by atoms with van der Waals surface area (Å²) < 4.78 is 0. The number of rotatable bonds is 0. The second-order valence-electron chi connectivity index (χ2n) is 3.76. The zero-order valence-corrected chi connectivity index (χ0v) is 8.03. The molecule has 0 heteroatoms. The molecule has 68 valence electrons. The SMILES string of the molecule is C1=Cc2ccc3c(c2=CC1)=CCC=C3. The van der Waals surface area contributed by atoms with Crippen LogP contribution >= 0.6 is 0 Å². The normalized spacial score (nSPS) is 16.6. The van der Waals surface area contributed by atoms with Crippen molar-refractivity contribution in [1.29, 1.82) is 0 Å². The number of hydrogen-bond acceptors (Lipinski definition) is 0. The van der Waals surface area contributed by atoms with E-state index >= 15 is 0 Å². The molecular weight excluding hydrogens is 168 g/mol. The van der Waals surface area contributed by atoms with E-state index in [4.69, 9.17) is 0 Å². The molecule has 0 nitrogen and oxygen atoms in total. The third-order valence-electron chi connectivity index (χ3n) is 2.87. The highest BCUT2D eigenvalue weighted by Crippen LogP contribution is 2.07. The third-order valence-corrected chi connectivity index (χ3v) is 2.87. The molecule has 1 aromatic carbocycles. The Hall–Kier alpha value is -1.56. The smallest absolute Gasteiger partial charge is 0.0145 e. The predicted molar refractivity (Wildman–Crippen MR) is 61.9 cm³/mol. The Morgan fingerprint density at radius 2 is 1.21 bits per heavy atom. The molecule has 2 aliphatic rings. The van der Waals surface area contributed by atoms with Crippen molar-refractivity contribution in [1.82, 2.24) is 0 Å². The van der Waals surface area contributed by atoms with E-state index in [0.717, 1.165) is 12.8 Å². The quantitative estimate of drug-likeness (QED) is 0.573. The average Bonchev–Trinajstić information content (AvgIpc) is 2.29. The lowest BCUT2D eigenvalue weighted by molar-refractivity contribution is 1.33. The van der Waals surface area contributed by atoms with E-state index < -0.39 is 0 Å². The standard InChI is InChI=1S/C14H12/c1-3-7-13-11(5-1)9-10-12-6-2-4-8-14(12)13/h1-2,5-10H,3-4H2. The molecule has 0 atom stereocenters. The maximum atomic E-state index is 2.32. The van der Waals surface area contributed by atoms with Crippen molar-refractivity contribution in [2.45, 2.75) is 12.8 Å². The number of benzene rings is 1. The van der Waals surface area contributed by atoms with Crippen LogP contribution in [-0.2, 0) is 0 Å². The van der Waals surface area contributed by atoms with Gasteiger partial charge in [0, 0.05) is 0 Å². The zero-order valence-electron chi connectivity index (χ0n) is 8.03. The van der Waals surface area contributed by atoms with Gasteiger partial charge in [0.2, 0.25) is 0 Å². The average molecular weight is 180 g/mol. The van der Waals surface area contributed by atoms with Crippen molar-refractivity contribution in [3.63, 3.8) is 0 Å². The summed E-state index contributed by atoms with van der Waals surface area (Å²) in [6.45, 7) is 0. The minimum atomic E-state index is 1.07. The molecule has 14 heavy (non-hydrogen) atoms. The molecule has 0 spiro atoms. The van der Waals surface area contributed by atoms with Crippen molar-refractivity contribution < 1.29 is 0 Å². The summed E-state index contributed by atoms with van der Waals surface area (Å²) in [7, 11) is 0. The molecule has 0 N–H and O–H groups in total. The van der Waals surface area contributed by atoms with Gasteiger partial charge in [-0.05, 0) is 34.4 Å². The van der Waals surface area contributed by atoms with E-state index in [1.54, 1.807) is 0 Å². The van der Waals surface area contributed by atoms with Crippen LogP contribution in [0, 0.1) is 0 Å². The summed E-state index contributed by atoms with van der Waals surface area (Å²) in [5.41, 5.74) is 2.73. The van der Waals surface area contributed by atoms with Crippen molar-refractivity contribution in [3.05, 3.63) is 45.8 Å². The molecular formula is C14H12. The van der Waals surface area contributed by atoms with Crippen LogP contribution in [0.2, 0.25) is 0 Å². The van der Waals surface area contributed by atoms with Crippen LogP contribution < -0.4 is 10.4 Å². The van der Waals surface area contributed by atoms with Crippen LogP contribution in [0.5, 0.6) is 0 Å². The second kappa shape index (κ2) is 2.98. The van der Waals surface area contributed by atoms with Crippen LogP contribution in [-0.4, -0.2) is 0 Å². The van der Waals surface area contributed by atoms with E-state index in [0.29, 0.717) is 0 Å². The lowest BCUT2D eigenvalue weighted by Crippen LogP contribution is -2.31. The molecule has 0 saturated heterocycles. The summed E-state index contributed by atoms with van der Waals surface area (Å²) >= 11 is 0. The molecule has 1 aromatic rings. The summed E-state index contributed by atoms with van der Waals surface area (Å²) in [4.78, 5) is 0. The Morgan fingerprint density at radius 3 is 1.71 bits per heavy atom. The Kier molecular flexibility index (Phi) is 1.66. The Bertz CT molecular complexity index is 491. The lowest BCUT2D eigenvalue weighted by atomic mass is 9.97. The van der Waals surface area contributed by atoms with Gasteiger partial charge in [-0.3, -0.25) is 0 Å². The first kappa shape index (κ1) is 7.81. The molecule has 2 aliphatic carbocycles. The predicted octanol–water partition coefficient (Wildman–Crippen LogP) is 2.08. The van der Waals surface area contributed by atoms with Gasteiger partial charge >= 0.3 is 0 Å². The number of hydrogen-bond donors (Lipinski definition) is 0. The van der Waals surface area contributed by atoms with Gasteiger partial charge in [-0.1, -0.05) is 48.6 Å². The highest BCUT2D eigenvalue weighted by molar-refractivity contribution is 5.65. The Morgan fingerprint density at radius 1 is 0.714 bits per heavy atom. The van der Waals surface area contributed by atoms with E-state index in [1.165, 1.54) is 21.6 Å². The highest BCUT2D eigenvalue weighted by atomic mass is 14.1. The maximum Gasteiger partial charge on any atom is -0.0145 e. The first-order valence-electron chi connectivity index (χ1n) is 5.12. The molecule has 0 saturated carbocycles. The fourth-order valence-electron chi connectivity index (χ4n) is 2.18. The highest BCUT2D eigenvalue weighted by Gasteiger charge is 2.02. The number of fused-ring (bicyclic) bond motifs is 3. The van der Waals surface area contributed by atoms with E-state index in [-0.39, 0.29) is 0 Å². The number of allylic oxidation sites excluding steroid dienone is 2. The maximum absolute atomic E-state index is 2.32. The van der Waals surface area contributed by atoms with E-state index in [2.05, 4.69) is 48.6 Å². The van der Waals surface area contributed by atoms with Crippen LogP contribution in [0.15, 0.2) is 24.3 Å². The molecule has 0 radical (unpaired) electrons. The van der Waals surface area contributed by atoms with Crippen molar-refractivity contribution in [3.8, 4) is 0 Å². The summed E-state index contributed by atoms with van der Waals surface area (Å²) in [5, 5.41) is 2.85. The van der Waals surface area contributed by atoms with E-state index in [9.17, 15) is 0 Å². The van der Waals surface area contributed by atoms with Crippen molar-refractivity contribution in [2.75, 3.05) is 0 Å². The fraction of sp³-hybridized carbons (Fsp3) is 0.143. The van der Waals surface area contributed by atoms with Gasteiger partial charge in [-0.15, -0.1) is 0 Å². The van der Waals surface area contributed by atoms with Gasteiger partial charge in [-0.25, -0.2) is 0 Å². The monoisotopic (exact) mass is 180 g/mol. The Labute approximate surface area is 83.6 Å². The Balaban J connectivity index is 2.46. The third kappa shape index (κ3) is 1.07. The fourth-order valence-corrected chi connectivity index (χ4v) is 2.18. The summed E-state index contributed by atoms with van der Waals surface area (Å²) in [6, 6.07) is 4.42. The van der Waals surface area contributed by atoms with Crippen LogP contribution in [0.1, 0.15) is 24.0 Å². The molecule has 0 heterocycles. The van der Waals surface area contributed by atoms with Crippen LogP contribution in [0.4, 0.5) is 0 Å². The van der Waals surface area contributed by atoms with Crippen LogP contribution in [0.3, 0.4) is 0 Å². The van der Waals surface area contributed by atoms with Crippen molar-refractivity contribution >= 4 is 24.3 Å². The summed E-state index contributed by atoms with van der Waals surface area (Å²) in [6.07, 6.45) is 15.7. The minimum Gasteiger partial charge on any atom is -0.0801 e. The largest absolute Gasteiger partial charge is 0.0801 e. The van der Waals surface area contributed by atoms with Gasteiger partial charge in [-0.2, -0.15) is 0 Å². The lowest BCUT2D eigenvalue weighted by Gasteiger charge is -2.08. The van der Waals surface area contributed by atoms with Gasteiger partial charge in [0.1, 0.15) is 0 Å². The van der Waals surface area contributed by atoms with Crippen LogP contribution in [0.25, 0.3) is 24.3 Å². The van der Waals surface area contributed by atoms with Gasteiger partial charge in [0.15, 0.2) is 0 Å². The molecule has 0 aliphatic heterocycles. The topological polar surface area (TPSA) is 0 Å². The molecule has 0 bridgehead atoms. The van der Waals surface area contributed by atoms with Crippen molar-refractivity contribution in [2.24, 2.45) is 0 Å². The molecule has 0 amide bonds. The molecule has 0 fully saturated rings. The summed E-state index contributed by atoms with van der Waals surface area (Å²) in [5.74, 6) is 0. The zero-order chi connectivity index (χ0) is 9.38.